The normalized spacial score (nSPS) is 29.8. The second-order valence-electron chi connectivity index (χ2n) is 9.80. The second kappa shape index (κ2) is 7.91. The topological polar surface area (TPSA) is 52.6 Å². The fraction of sp³-hybridized carbons (Fsp3) is 0.429. The van der Waals surface area contributed by atoms with E-state index in [0.29, 0.717) is 29.3 Å². The molecule has 4 nitrogen and oxygen atoms in total. The number of benzene rings is 2. The number of hydrogen-bond donors (Lipinski definition) is 0. The minimum atomic E-state index is -0.285. The van der Waals surface area contributed by atoms with Crippen molar-refractivity contribution in [2.45, 2.75) is 51.9 Å². The molecule has 0 N–H and O–H groups in total. The van der Waals surface area contributed by atoms with Crippen molar-refractivity contribution in [1.82, 2.24) is 0 Å². The summed E-state index contributed by atoms with van der Waals surface area (Å²) in [5, 5.41) is 0. The number of carbonyl (C=O) groups is 2. The number of carbonyl (C=O) groups excluding carboxylic acids is 2. The predicted molar refractivity (Wildman–Crippen MR) is 124 cm³/mol. The van der Waals surface area contributed by atoms with Gasteiger partial charge in [-0.25, -0.2) is 0 Å². The third-order valence-electron chi connectivity index (χ3n) is 8.06. The molecule has 2 aromatic carbocycles. The molecule has 0 amide bonds. The first-order valence-corrected chi connectivity index (χ1v) is 11.6. The van der Waals surface area contributed by atoms with Crippen LogP contribution >= 0.6 is 0 Å². The van der Waals surface area contributed by atoms with E-state index in [1.165, 1.54) is 18.1 Å². The molecule has 0 spiro atoms. The largest absolute Gasteiger partial charge is 0.497 e. The van der Waals surface area contributed by atoms with Crippen molar-refractivity contribution in [3.63, 3.8) is 0 Å². The number of esters is 1. The molecule has 4 heteroatoms. The first kappa shape index (κ1) is 21.0. The van der Waals surface area contributed by atoms with Crippen LogP contribution in [0.1, 0.15) is 62.1 Å². The Kier molecular flexibility index (Phi) is 5.19. The first-order chi connectivity index (χ1) is 15.4. The Hall–Kier alpha value is -2.88. The zero-order chi connectivity index (χ0) is 22.5. The molecule has 3 aliphatic carbocycles. The van der Waals surface area contributed by atoms with Crippen LogP contribution in [0.2, 0.25) is 0 Å². The number of Topliss-reactive ketones (excluding diaryl/α,β-unsaturated/α-hetero) is 1. The lowest BCUT2D eigenvalue weighted by Gasteiger charge is -2.48. The van der Waals surface area contributed by atoms with Gasteiger partial charge in [-0.1, -0.05) is 25.1 Å². The zero-order valence-electron chi connectivity index (χ0n) is 19.0. The molecule has 0 bridgehead atoms. The van der Waals surface area contributed by atoms with Crippen molar-refractivity contribution >= 4 is 17.8 Å². The van der Waals surface area contributed by atoms with Crippen LogP contribution in [-0.2, 0) is 16.0 Å². The van der Waals surface area contributed by atoms with E-state index in [9.17, 15) is 9.59 Å². The van der Waals surface area contributed by atoms with E-state index in [4.69, 9.17) is 9.47 Å². The molecule has 0 heterocycles. The maximum Gasteiger partial charge on any atom is 0.308 e. The van der Waals surface area contributed by atoms with Gasteiger partial charge in [-0.15, -0.1) is 0 Å². The van der Waals surface area contributed by atoms with E-state index < -0.39 is 0 Å². The number of ether oxygens (including phenoxy) is 2. The van der Waals surface area contributed by atoms with Crippen LogP contribution in [0.15, 0.2) is 48.0 Å². The van der Waals surface area contributed by atoms with E-state index in [-0.39, 0.29) is 11.4 Å². The lowest BCUT2D eigenvalue weighted by molar-refractivity contribution is -0.132. The Labute approximate surface area is 189 Å². The summed E-state index contributed by atoms with van der Waals surface area (Å²) in [4.78, 5) is 24.8. The average Bonchev–Trinajstić information content (AvgIpc) is 3.04. The number of aryl methyl sites for hydroxylation is 1. The highest BCUT2D eigenvalue weighted by Crippen LogP contribution is 2.60. The highest BCUT2D eigenvalue weighted by Gasteiger charge is 2.56. The van der Waals surface area contributed by atoms with Gasteiger partial charge >= 0.3 is 5.97 Å². The smallest absolute Gasteiger partial charge is 0.308 e. The molecule has 32 heavy (non-hydrogen) atoms. The van der Waals surface area contributed by atoms with Crippen molar-refractivity contribution in [1.29, 1.82) is 0 Å². The lowest BCUT2D eigenvalue weighted by atomic mass is 9.55. The molecule has 0 unspecified atom stereocenters. The third kappa shape index (κ3) is 3.46. The van der Waals surface area contributed by atoms with Crippen LogP contribution in [-0.4, -0.2) is 18.9 Å². The van der Waals surface area contributed by atoms with Crippen molar-refractivity contribution in [3.05, 3.63) is 64.7 Å². The zero-order valence-corrected chi connectivity index (χ0v) is 19.0. The van der Waals surface area contributed by atoms with Gasteiger partial charge in [0.25, 0.3) is 0 Å². The fourth-order valence-corrected chi connectivity index (χ4v) is 6.49. The summed E-state index contributed by atoms with van der Waals surface area (Å²) in [6.07, 6.45) is 6.99. The third-order valence-corrected chi connectivity index (χ3v) is 8.06. The summed E-state index contributed by atoms with van der Waals surface area (Å²) in [7, 11) is 1.66. The number of rotatable bonds is 3. The van der Waals surface area contributed by atoms with Gasteiger partial charge in [-0.05, 0) is 102 Å². The molecule has 4 atom stereocenters. The van der Waals surface area contributed by atoms with Crippen LogP contribution in [0.5, 0.6) is 11.5 Å². The van der Waals surface area contributed by atoms with E-state index in [1.54, 1.807) is 7.11 Å². The van der Waals surface area contributed by atoms with Gasteiger partial charge in [-0.2, -0.15) is 0 Å². The van der Waals surface area contributed by atoms with Gasteiger partial charge in [0.2, 0.25) is 0 Å². The van der Waals surface area contributed by atoms with Gasteiger partial charge in [0.05, 0.1) is 7.11 Å². The van der Waals surface area contributed by atoms with Crippen molar-refractivity contribution in [2.75, 3.05) is 7.11 Å². The second-order valence-corrected chi connectivity index (χ2v) is 9.80. The Bertz CT molecular complexity index is 1100. The van der Waals surface area contributed by atoms with Crippen molar-refractivity contribution in [2.24, 2.45) is 17.3 Å². The maximum atomic E-state index is 13.5. The highest BCUT2D eigenvalue weighted by molar-refractivity contribution is 6.06. The molecular weight excluding hydrogens is 400 g/mol. The van der Waals surface area contributed by atoms with Gasteiger partial charge in [-0.3, -0.25) is 9.59 Å². The Balaban J connectivity index is 1.42. The summed E-state index contributed by atoms with van der Waals surface area (Å²) >= 11 is 0. The lowest BCUT2D eigenvalue weighted by Crippen LogP contribution is -2.42. The minimum Gasteiger partial charge on any atom is -0.497 e. The molecule has 3 aliphatic rings. The van der Waals surface area contributed by atoms with Crippen molar-refractivity contribution in [3.8, 4) is 11.5 Å². The molecule has 0 saturated heterocycles. The number of hydrogen-bond acceptors (Lipinski definition) is 4. The summed E-state index contributed by atoms with van der Waals surface area (Å²) in [5.74, 6) is 2.91. The van der Waals surface area contributed by atoms with Crippen LogP contribution in [0.25, 0.3) is 6.08 Å². The van der Waals surface area contributed by atoms with Crippen LogP contribution in [0, 0.1) is 17.3 Å². The van der Waals surface area contributed by atoms with Gasteiger partial charge < -0.3 is 9.47 Å². The molecule has 5 rings (SSSR count). The van der Waals surface area contributed by atoms with Crippen LogP contribution in [0.4, 0.5) is 0 Å². The Morgan fingerprint density at radius 1 is 1.09 bits per heavy atom. The summed E-state index contributed by atoms with van der Waals surface area (Å²) < 4.78 is 10.6. The summed E-state index contributed by atoms with van der Waals surface area (Å²) in [5.41, 5.74) is 4.46. The minimum absolute atomic E-state index is 0.255. The van der Waals surface area contributed by atoms with E-state index in [0.717, 1.165) is 49.0 Å². The number of allylic oxidation sites excluding steroid dienone is 1. The predicted octanol–water partition coefficient (Wildman–Crippen LogP) is 5.74. The van der Waals surface area contributed by atoms with Gasteiger partial charge in [0.15, 0.2) is 5.78 Å². The Morgan fingerprint density at radius 2 is 1.84 bits per heavy atom. The number of ketones is 1. The van der Waals surface area contributed by atoms with E-state index in [1.807, 2.05) is 36.4 Å². The van der Waals surface area contributed by atoms with Crippen LogP contribution in [0.3, 0.4) is 0 Å². The molecule has 2 saturated carbocycles. The monoisotopic (exact) mass is 430 g/mol. The van der Waals surface area contributed by atoms with Crippen LogP contribution < -0.4 is 9.47 Å². The first-order valence-electron chi connectivity index (χ1n) is 11.6. The highest BCUT2D eigenvalue weighted by atomic mass is 16.5. The summed E-state index contributed by atoms with van der Waals surface area (Å²) in [6, 6.07) is 14.0. The number of methoxy groups -OCH3 is 1. The molecule has 0 aliphatic heterocycles. The number of fused-ring (bicyclic) bond motifs is 5. The fourth-order valence-electron chi connectivity index (χ4n) is 6.49. The van der Waals surface area contributed by atoms with E-state index >= 15 is 0 Å². The Morgan fingerprint density at radius 3 is 2.56 bits per heavy atom. The standard InChI is InChI=1S/C28H30O4/c1-17(29)32-22-9-11-23-19(15-22)6-10-25-24(23)12-13-28(2)26(25)16-20(27(28)30)14-18-4-7-21(31-3)8-5-18/h4-5,7-9,11,14-15,24-26H,6,10,12-13,16H2,1-3H3/b20-14+/t24-,25+,26+,28-/m0/s1. The SMILES string of the molecule is COc1ccc(/C=C2\C[C@@H]3[C@@H]4CCc5cc(OC(C)=O)ccc5[C@@H]4CC[C@]3(C)C2=O)cc1. The van der Waals surface area contributed by atoms with E-state index in [2.05, 4.69) is 19.1 Å². The van der Waals surface area contributed by atoms with Gasteiger partial charge in [0, 0.05) is 12.3 Å². The molecule has 2 fully saturated rings. The molecular formula is C28H30O4. The molecule has 2 aromatic rings. The maximum absolute atomic E-state index is 13.5. The molecule has 0 radical (unpaired) electrons. The molecule has 0 aromatic heterocycles. The van der Waals surface area contributed by atoms with Crippen molar-refractivity contribution < 1.29 is 19.1 Å². The molecule has 166 valence electrons. The quantitative estimate of drug-likeness (QED) is 0.354. The summed E-state index contributed by atoms with van der Waals surface area (Å²) in [6.45, 7) is 3.63. The average molecular weight is 431 g/mol. The van der Waals surface area contributed by atoms with Gasteiger partial charge in [0.1, 0.15) is 11.5 Å².